The number of nitrogens with one attached hydrogen (secondary N) is 1. The van der Waals surface area contributed by atoms with Gasteiger partial charge in [0.1, 0.15) is 11.4 Å². The fraction of sp³-hybridized carbons (Fsp3) is 0.250. The molecule has 1 atom stereocenters. The van der Waals surface area contributed by atoms with E-state index in [9.17, 15) is 18.8 Å². The Balaban J connectivity index is 1.90. The van der Waals surface area contributed by atoms with E-state index in [-0.39, 0.29) is 22.9 Å². The molecule has 1 fully saturated rings. The molecule has 0 saturated carbocycles. The van der Waals surface area contributed by atoms with Gasteiger partial charge in [0.25, 0.3) is 5.91 Å². The molecule has 0 aromatic heterocycles. The van der Waals surface area contributed by atoms with Gasteiger partial charge in [-0.15, -0.1) is 0 Å². The molecule has 0 spiro atoms. The Morgan fingerprint density at radius 2 is 1.89 bits per heavy atom. The molecule has 1 aliphatic rings. The molecule has 0 bridgehead atoms. The second kappa shape index (κ2) is 6.78. The number of carbonyl (C=O) groups is 3. The van der Waals surface area contributed by atoms with E-state index in [0.29, 0.717) is 5.56 Å². The number of hydrogen-bond donors (Lipinski definition) is 1. The van der Waals surface area contributed by atoms with Crippen molar-refractivity contribution in [2.24, 2.45) is 0 Å². The summed E-state index contributed by atoms with van der Waals surface area (Å²) in [6.45, 7) is 4.75. The Labute approximate surface area is 161 Å². The average molecular weight is 389 g/mol. The quantitative estimate of drug-likeness (QED) is 0.640. The number of Topliss-reactive ketones (excluding diaryl/α,β-unsaturated/α-hetero) is 1. The zero-order valence-electron chi connectivity index (χ0n) is 15.1. The molecule has 1 saturated heterocycles. The molecule has 2 aromatic carbocycles. The number of benzene rings is 2. The number of aryl methyl sites for hydroxylation is 2. The van der Waals surface area contributed by atoms with Gasteiger partial charge in [0.15, 0.2) is 5.78 Å². The van der Waals surface area contributed by atoms with E-state index in [1.54, 1.807) is 13.0 Å². The Hall–Kier alpha value is -2.73. The zero-order chi connectivity index (χ0) is 19.9. The summed E-state index contributed by atoms with van der Waals surface area (Å²) >= 11 is 6.07. The van der Waals surface area contributed by atoms with Crippen LogP contribution in [0.3, 0.4) is 0 Å². The predicted octanol–water partition coefficient (Wildman–Crippen LogP) is 3.75. The van der Waals surface area contributed by atoms with Crippen molar-refractivity contribution in [3.8, 4) is 0 Å². The molecule has 5 nitrogen and oxygen atoms in total. The molecular formula is C20H18ClFN2O3. The van der Waals surface area contributed by atoms with Crippen LogP contribution < -0.4 is 5.32 Å². The summed E-state index contributed by atoms with van der Waals surface area (Å²) in [6, 6.07) is 8.32. The lowest BCUT2D eigenvalue weighted by Crippen LogP contribution is -2.41. The van der Waals surface area contributed by atoms with E-state index in [2.05, 4.69) is 5.32 Å². The molecule has 27 heavy (non-hydrogen) atoms. The van der Waals surface area contributed by atoms with Gasteiger partial charge in [-0.1, -0.05) is 35.4 Å². The lowest BCUT2D eigenvalue weighted by atomic mass is 9.91. The van der Waals surface area contributed by atoms with Gasteiger partial charge in [0.05, 0.1) is 6.54 Å². The van der Waals surface area contributed by atoms with Crippen LogP contribution in [-0.4, -0.2) is 29.2 Å². The summed E-state index contributed by atoms with van der Waals surface area (Å²) in [5.41, 5.74) is 0.935. The second-order valence-corrected chi connectivity index (χ2v) is 7.22. The first-order valence-corrected chi connectivity index (χ1v) is 8.71. The minimum Gasteiger partial charge on any atom is -0.319 e. The molecule has 0 aliphatic carbocycles. The van der Waals surface area contributed by atoms with Gasteiger partial charge >= 0.3 is 6.03 Å². The molecule has 1 unspecified atom stereocenters. The van der Waals surface area contributed by atoms with Crippen molar-refractivity contribution >= 4 is 29.3 Å². The molecule has 140 valence electrons. The minimum absolute atomic E-state index is 0.0221. The number of amides is 3. The third kappa shape index (κ3) is 3.32. The highest BCUT2D eigenvalue weighted by molar-refractivity contribution is 6.32. The third-order valence-corrected chi connectivity index (χ3v) is 5.05. The van der Waals surface area contributed by atoms with E-state index in [4.69, 9.17) is 11.6 Å². The largest absolute Gasteiger partial charge is 0.325 e. The summed E-state index contributed by atoms with van der Waals surface area (Å²) in [5, 5.41) is 2.59. The number of halogens is 2. The number of hydrogen-bond acceptors (Lipinski definition) is 3. The highest BCUT2D eigenvalue weighted by Gasteiger charge is 2.50. The molecule has 2 aromatic rings. The molecule has 1 N–H and O–H groups in total. The van der Waals surface area contributed by atoms with Crippen molar-refractivity contribution in [2.45, 2.75) is 26.3 Å². The van der Waals surface area contributed by atoms with Crippen molar-refractivity contribution in [2.75, 3.05) is 6.54 Å². The Morgan fingerprint density at radius 3 is 2.56 bits per heavy atom. The van der Waals surface area contributed by atoms with Crippen molar-refractivity contribution in [1.29, 1.82) is 0 Å². The number of ketones is 1. The van der Waals surface area contributed by atoms with Crippen LogP contribution in [0.2, 0.25) is 5.02 Å². The fourth-order valence-electron chi connectivity index (χ4n) is 3.18. The van der Waals surface area contributed by atoms with Gasteiger partial charge in [-0.25, -0.2) is 9.18 Å². The average Bonchev–Trinajstić information content (AvgIpc) is 2.80. The normalized spacial score (nSPS) is 19.4. The van der Waals surface area contributed by atoms with E-state index < -0.39 is 23.3 Å². The number of carbonyl (C=O) groups excluding carboxylic acids is 3. The van der Waals surface area contributed by atoms with Crippen LogP contribution in [0, 0.1) is 19.7 Å². The van der Waals surface area contributed by atoms with Crippen molar-refractivity contribution in [3.63, 3.8) is 0 Å². The summed E-state index contributed by atoms with van der Waals surface area (Å²) in [5.74, 6) is -1.50. The second-order valence-electron chi connectivity index (χ2n) is 6.81. The Bertz CT molecular complexity index is 976. The first-order chi connectivity index (χ1) is 12.6. The Morgan fingerprint density at radius 1 is 1.19 bits per heavy atom. The fourth-order valence-corrected chi connectivity index (χ4v) is 3.54. The molecule has 3 amide bonds. The lowest BCUT2D eigenvalue weighted by Gasteiger charge is -2.23. The highest BCUT2D eigenvalue weighted by Crippen LogP contribution is 2.34. The van der Waals surface area contributed by atoms with Crippen LogP contribution in [0.5, 0.6) is 0 Å². The van der Waals surface area contributed by atoms with E-state index in [0.717, 1.165) is 28.2 Å². The SMILES string of the molecule is Cc1ccc(C)c(C(=O)CN2C(=O)NC(C)(c3ccc(F)cc3Cl)C2=O)c1. The van der Waals surface area contributed by atoms with E-state index in [1.165, 1.54) is 13.0 Å². The van der Waals surface area contributed by atoms with E-state index in [1.807, 2.05) is 19.1 Å². The lowest BCUT2D eigenvalue weighted by molar-refractivity contribution is -0.130. The topological polar surface area (TPSA) is 66.5 Å². The smallest absolute Gasteiger partial charge is 0.319 e. The first kappa shape index (κ1) is 19.0. The van der Waals surface area contributed by atoms with Crippen molar-refractivity contribution < 1.29 is 18.8 Å². The molecule has 1 aliphatic heterocycles. The molecule has 1 heterocycles. The first-order valence-electron chi connectivity index (χ1n) is 8.33. The van der Waals surface area contributed by atoms with Crippen LogP contribution >= 0.6 is 11.6 Å². The van der Waals surface area contributed by atoms with E-state index >= 15 is 0 Å². The summed E-state index contributed by atoms with van der Waals surface area (Å²) < 4.78 is 13.3. The van der Waals surface area contributed by atoms with Crippen LogP contribution in [0.4, 0.5) is 9.18 Å². The molecule has 3 rings (SSSR count). The molecular weight excluding hydrogens is 371 g/mol. The zero-order valence-corrected chi connectivity index (χ0v) is 15.9. The summed E-state index contributed by atoms with van der Waals surface area (Å²) in [6.07, 6.45) is 0. The van der Waals surface area contributed by atoms with Gasteiger partial charge in [0, 0.05) is 16.1 Å². The summed E-state index contributed by atoms with van der Waals surface area (Å²) in [7, 11) is 0. The van der Waals surface area contributed by atoms with Crippen molar-refractivity contribution in [1.82, 2.24) is 10.2 Å². The Kier molecular flexibility index (Phi) is 4.78. The number of nitrogens with zero attached hydrogens (tertiary/aromatic N) is 1. The number of urea groups is 1. The monoisotopic (exact) mass is 388 g/mol. The molecule has 0 radical (unpaired) electrons. The van der Waals surface area contributed by atoms with Gasteiger partial charge in [0.2, 0.25) is 0 Å². The standard InChI is InChI=1S/C20H18ClFN2O3/c1-11-4-5-12(2)14(8-11)17(25)10-24-18(26)20(3,23-19(24)27)15-7-6-13(22)9-16(15)21/h4-9H,10H2,1-3H3,(H,23,27). The van der Waals surface area contributed by atoms with Gasteiger partial charge in [-0.3, -0.25) is 14.5 Å². The summed E-state index contributed by atoms with van der Waals surface area (Å²) in [4.78, 5) is 38.9. The molecule has 7 heteroatoms. The maximum absolute atomic E-state index is 13.3. The van der Waals surface area contributed by atoms with Gasteiger partial charge < -0.3 is 5.32 Å². The van der Waals surface area contributed by atoms with Crippen LogP contribution in [-0.2, 0) is 10.3 Å². The van der Waals surface area contributed by atoms with Crippen molar-refractivity contribution in [3.05, 3.63) is 69.5 Å². The predicted molar refractivity (Wildman–Crippen MR) is 99.3 cm³/mol. The van der Waals surface area contributed by atoms with Crippen LogP contribution in [0.25, 0.3) is 0 Å². The third-order valence-electron chi connectivity index (χ3n) is 4.74. The maximum Gasteiger partial charge on any atom is 0.325 e. The number of imide groups is 1. The maximum atomic E-state index is 13.3. The number of rotatable bonds is 4. The van der Waals surface area contributed by atoms with Gasteiger partial charge in [-0.05, 0) is 44.5 Å². The van der Waals surface area contributed by atoms with Crippen LogP contribution in [0.15, 0.2) is 36.4 Å². The minimum atomic E-state index is -1.47. The van der Waals surface area contributed by atoms with Gasteiger partial charge in [-0.2, -0.15) is 0 Å². The van der Waals surface area contributed by atoms with Crippen LogP contribution in [0.1, 0.15) is 34.0 Å². The highest BCUT2D eigenvalue weighted by atomic mass is 35.5.